The van der Waals surface area contributed by atoms with Crippen molar-refractivity contribution in [3.05, 3.63) is 53.9 Å². The Bertz CT molecular complexity index is 1100. The average Bonchev–Trinajstić information content (AvgIpc) is 3.13. The molecule has 0 saturated heterocycles. The van der Waals surface area contributed by atoms with E-state index in [-0.39, 0.29) is 30.2 Å². The van der Waals surface area contributed by atoms with Crippen molar-refractivity contribution in [3.63, 3.8) is 0 Å². The van der Waals surface area contributed by atoms with E-state index in [1.807, 2.05) is 6.07 Å². The number of aromatic nitrogens is 2. The van der Waals surface area contributed by atoms with Crippen LogP contribution in [0.2, 0.25) is 0 Å². The van der Waals surface area contributed by atoms with Crippen LogP contribution in [-0.4, -0.2) is 40.7 Å². The number of ether oxygens (including phenoxy) is 2. The molecular formula is C22H23N5O5. The summed E-state index contributed by atoms with van der Waals surface area (Å²) in [6, 6.07) is 10.6. The highest BCUT2D eigenvalue weighted by atomic mass is 16.5. The Balaban J connectivity index is 2.41. The van der Waals surface area contributed by atoms with Crippen LogP contribution >= 0.6 is 0 Å². The topological polar surface area (TPSA) is 135 Å². The number of para-hydroxylation sites is 1. The number of esters is 2. The van der Waals surface area contributed by atoms with E-state index in [1.54, 1.807) is 44.2 Å². The summed E-state index contributed by atoms with van der Waals surface area (Å²) < 4.78 is 11.8. The van der Waals surface area contributed by atoms with Crippen LogP contribution in [0.15, 0.2) is 48.3 Å². The molecule has 0 amide bonds. The van der Waals surface area contributed by atoms with Crippen LogP contribution in [0.5, 0.6) is 0 Å². The van der Waals surface area contributed by atoms with Gasteiger partial charge in [0.1, 0.15) is 23.4 Å². The molecule has 2 unspecified atom stereocenters. The van der Waals surface area contributed by atoms with Crippen LogP contribution < -0.4 is 10.6 Å². The molecular weight excluding hydrogens is 414 g/mol. The van der Waals surface area contributed by atoms with Crippen LogP contribution in [-0.2, 0) is 29.5 Å². The van der Waals surface area contributed by atoms with Crippen molar-refractivity contribution in [2.75, 3.05) is 23.8 Å². The molecule has 0 fully saturated rings. The van der Waals surface area contributed by atoms with Gasteiger partial charge >= 0.3 is 11.9 Å². The number of carbonyl (C=O) groups is 3. The van der Waals surface area contributed by atoms with Crippen molar-refractivity contribution in [3.8, 4) is 6.07 Å². The molecule has 2 N–H and O–H groups in total. The number of anilines is 2. The number of nitrogens with one attached hydrogen (secondary N) is 2. The van der Waals surface area contributed by atoms with Crippen LogP contribution in [0.3, 0.4) is 0 Å². The number of Topliss-reactive ketones (excluding diaryl/α,β-unsaturated/α-hetero) is 1. The number of nitrogens with zero attached hydrogens (tertiary/aromatic N) is 3. The van der Waals surface area contributed by atoms with Crippen molar-refractivity contribution in [2.45, 2.75) is 26.4 Å². The number of ketones is 1. The molecule has 166 valence electrons. The highest BCUT2D eigenvalue weighted by molar-refractivity contribution is 6.03. The molecule has 2 aromatic rings. The summed E-state index contributed by atoms with van der Waals surface area (Å²) in [7, 11) is 0. The van der Waals surface area contributed by atoms with Crippen LogP contribution in [0, 0.1) is 17.2 Å². The van der Waals surface area contributed by atoms with E-state index in [9.17, 15) is 19.6 Å². The normalized spacial score (nSPS) is 19.3. The molecule has 0 spiro atoms. The predicted octanol–water partition coefficient (Wildman–Crippen LogP) is 2.16. The van der Waals surface area contributed by atoms with Crippen molar-refractivity contribution in [1.29, 1.82) is 5.26 Å². The number of nitriles is 1. The summed E-state index contributed by atoms with van der Waals surface area (Å²) in [6.07, 6.45) is 2.56. The van der Waals surface area contributed by atoms with Gasteiger partial charge < -0.3 is 20.1 Å². The third-order valence-corrected chi connectivity index (χ3v) is 4.94. The fraction of sp³-hybridized carbons (Fsp3) is 0.318. The average molecular weight is 437 g/mol. The fourth-order valence-corrected chi connectivity index (χ4v) is 3.60. The SMILES string of the molecule is CCOC(=O)C1C(C(C)=O)=CNc2c(C#N)cnn2C1(Nc1ccccc1)C(=O)OCC. The minimum Gasteiger partial charge on any atom is -0.465 e. The smallest absolute Gasteiger partial charge is 0.356 e. The highest BCUT2D eigenvalue weighted by Gasteiger charge is 2.58. The van der Waals surface area contributed by atoms with Gasteiger partial charge in [-0.3, -0.25) is 9.59 Å². The first kappa shape index (κ1) is 22.6. The number of hydrogen-bond acceptors (Lipinski definition) is 9. The first-order chi connectivity index (χ1) is 15.4. The number of benzene rings is 1. The molecule has 2 atom stereocenters. The predicted molar refractivity (Wildman–Crippen MR) is 114 cm³/mol. The molecule has 32 heavy (non-hydrogen) atoms. The summed E-state index contributed by atoms with van der Waals surface area (Å²) in [5.74, 6) is -3.52. The van der Waals surface area contributed by atoms with Crippen molar-refractivity contribution in [1.82, 2.24) is 9.78 Å². The molecule has 2 heterocycles. The molecule has 1 aliphatic rings. The van der Waals surface area contributed by atoms with Crippen molar-refractivity contribution >= 4 is 29.2 Å². The Kier molecular flexibility index (Phi) is 6.59. The van der Waals surface area contributed by atoms with Crippen LogP contribution in [0.4, 0.5) is 11.5 Å². The Labute approximate surface area is 184 Å². The molecule has 10 nitrogen and oxygen atoms in total. The molecule has 3 rings (SSSR count). The van der Waals surface area contributed by atoms with E-state index < -0.39 is 29.3 Å². The lowest BCUT2D eigenvalue weighted by Crippen LogP contribution is -2.59. The largest absolute Gasteiger partial charge is 0.465 e. The van der Waals surface area contributed by atoms with E-state index in [4.69, 9.17) is 9.47 Å². The second kappa shape index (κ2) is 9.34. The van der Waals surface area contributed by atoms with Gasteiger partial charge in [-0.05, 0) is 32.9 Å². The maximum atomic E-state index is 13.6. The monoisotopic (exact) mass is 437 g/mol. The van der Waals surface area contributed by atoms with E-state index in [0.717, 1.165) is 0 Å². The van der Waals surface area contributed by atoms with Gasteiger partial charge in [-0.15, -0.1) is 0 Å². The first-order valence-corrected chi connectivity index (χ1v) is 10.0. The van der Waals surface area contributed by atoms with Gasteiger partial charge in [0.05, 0.1) is 19.4 Å². The van der Waals surface area contributed by atoms with Gasteiger partial charge in [0.15, 0.2) is 5.78 Å². The quantitative estimate of drug-likeness (QED) is 0.625. The molecule has 10 heteroatoms. The summed E-state index contributed by atoms with van der Waals surface area (Å²) in [4.78, 5) is 39.5. The summed E-state index contributed by atoms with van der Waals surface area (Å²) >= 11 is 0. The zero-order valence-corrected chi connectivity index (χ0v) is 17.9. The lowest BCUT2D eigenvalue weighted by molar-refractivity contribution is -0.164. The van der Waals surface area contributed by atoms with E-state index in [2.05, 4.69) is 15.7 Å². The van der Waals surface area contributed by atoms with Gasteiger partial charge in [-0.25, -0.2) is 9.48 Å². The van der Waals surface area contributed by atoms with Gasteiger partial charge in [0.2, 0.25) is 5.66 Å². The molecule has 1 aromatic carbocycles. The van der Waals surface area contributed by atoms with E-state index >= 15 is 0 Å². The van der Waals surface area contributed by atoms with E-state index in [1.165, 1.54) is 24.0 Å². The molecule has 0 bridgehead atoms. The van der Waals surface area contributed by atoms with Crippen LogP contribution in [0.1, 0.15) is 26.3 Å². The molecule has 0 saturated carbocycles. The second-order valence-electron chi connectivity index (χ2n) is 6.89. The number of fused-ring (bicyclic) bond motifs is 1. The Hall–Kier alpha value is -4.13. The number of carbonyl (C=O) groups excluding carboxylic acids is 3. The van der Waals surface area contributed by atoms with Gasteiger partial charge in [-0.2, -0.15) is 10.4 Å². The third kappa shape index (κ3) is 3.80. The zero-order chi connectivity index (χ0) is 23.3. The Morgan fingerprint density at radius 3 is 2.50 bits per heavy atom. The van der Waals surface area contributed by atoms with E-state index in [0.29, 0.717) is 5.69 Å². The lowest BCUT2D eigenvalue weighted by atomic mass is 9.83. The lowest BCUT2D eigenvalue weighted by Gasteiger charge is -2.38. The molecule has 1 aromatic heterocycles. The van der Waals surface area contributed by atoms with Gasteiger partial charge in [-0.1, -0.05) is 18.2 Å². The Morgan fingerprint density at radius 1 is 1.22 bits per heavy atom. The van der Waals surface area contributed by atoms with Crippen LogP contribution in [0.25, 0.3) is 0 Å². The molecule has 0 aliphatic carbocycles. The zero-order valence-electron chi connectivity index (χ0n) is 17.9. The summed E-state index contributed by atoms with van der Waals surface area (Å²) in [6.45, 7) is 4.54. The first-order valence-electron chi connectivity index (χ1n) is 10.0. The minimum atomic E-state index is -2.06. The number of hydrogen-bond donors (Lipinski definition) is 2. The fourth-order valence-electron chi connectivity index (χ4n) is 3.60. The maximum absolute atomic E-state index is 13.6. The van der Waals surface area contributed by atoms with Gasteiger partial charge in [0.25, 0.3) is 0 Å². The standard InChI is InChI=1S/C22H23N5O5/c1-4-31-20(29)18-17(14(3)28)13-24-19-15(11-23)12-25-27(19)22(18,21(30)32-5-2)26-16-9-7-6-8-10-16/h6-10,12-13,18,24,26H,4-5H2,1-3H3. The minimum absolute atomic E-state index is 0.000848. The summed E-state index contributed by atoms with van der Waals surface area (Å²) in [5.41, 5.74) is -1.53. The Morgan fingerprint density at radius 2 is 1.91 bits per heavy atom. The number of rotatable bonds is 7. The maximum Gasteiger partial charge on any atom is 0.356 e. The molecule has 1 aliphatic heterocycles. The highest BCUT2D eigenvalue weighted by Crippen LogP contribution is 2.41. The van der Waals surface area contributed by atoms with Gasteiger partial charge in [0, 0.05) is 17.5 Å². The van der Waals surface area contributed by atoms with Crippen molar-refractivity contribution < 1.29 is 23.9 Å². The second-order valence-corrected chi connectivity index (χ2v) is 6.89. The van der Waals surface area contributed by atoms with Crippen molar-refractivity contribution in [2.24, 2.45) is 5.92 Å². The summed E-state index contributed by atoms with van der Waals surface area (Å²) in [5, 5.41) is 19.7. The molecule has 0 radical (unpaired) electrons. The third-order valence-electron chi connectivity index (χ3n) is 4.94.